The lowest BCUT2D eigenvalue weighted by atomic mass is 9.79. The largest absolute Gasteiger partial charge is 0.396 e. The lowest BCUT2D eigenvalue weighted by Crippen LogP contribution is -2.64. The molecule has 2 rings (SSSR count). The number of aliphatic hydroxyl groups is 1. The number of thiophene rings is 1. The van der Waals surface area contributed by atoms with E-state index in [4.69, 9.17) is 0 Å². The predicted octanol–water partition coefficient (Wildman–Crippen LogP) is 0.895. The second-order valence-corrected chi connectivity index (χ2v) is 7.20. The molecule has 0 saturated carbocycles. The molecule has 1 aliphatic heterocycles. The van der Waals surface area contributed by atoms with Crippen LogP contribution in [0.5, 0.6) is 0 Å². The molecule has 0 radical (unpaired) electrons. The molecule has 0 unspecified atom stereocenters. The molecule has 1 aliphatic rings. The van der Waals surface area contributed by atoms with Crippen molar-refractivity contribution in [1.82, 2.24) is 10.2 Å². The first-order valence-electron chi connectivity index (χ1n) is 6.80. The van der Waals surface area contributed by atoms with Crippen LogP contribution in [0.2, 0.25) is 0 Å². The van der Waals surface area contributed by atoms with Gasteiger partial charge in [-0.05, 0) is 35.3 Å². The maximum absolute atomic E-state index is 12.7. The summed E-state index contributed by atoms with van der Waals surface area (Å²) < 4.78 is 0.926. The van der Waals surface area contributed by atoms with Crippen molar-refractivity contribution in [1.29, 1.82) is 0 Å². The quantitative estimate of drug-likeness (QED) is 0.757. The van der Waals surface area contributed by atoms with Crippen LogP contribution in [-0.4, -0.2) is 49.2 Å². The molecular weight excluding hydrogens is 369 g/mol. The van der Waals surface area contributed by atoms with Crippen LogP contribution in [0.3, 0.4) is 0 Å². The van der Waals surface area contributed by atoms with Gasteiger partial charge in [-0.25, -0.2) is 0 Å². The zero-order chi connectivity index (χ0) is 16.5. The van der Waals surface area contributed by atoms with E-state index in [2.05, 4.69) is 26.2 Å². The van der Waals surface area contributed by atoms with E-state index in [1.165, 1.54) is 24.1 Å². The molecule has 1 saturated heterocycles. The van der Waals surface area contributed by atoms with Gasteiger partial charge in [0.2, 0.25) is 19.7 Å². The molecular formula is C13H17BBrN3O3S. The van der Waals surface area contributed by atoms with Crippen molar-refractivity contribution in [2.45, 2.75) is 18.9 Å². The number of carbonyl (C=O) groups excluding carboxylic acids is 2. The number of nitrogens with zero attached hydrogens (tertiary/aromatic N) is 2. The average molecular weight is 386 g/mol. The topological polar surface area (TPSA) is 82.0 Å². The van der Waals surface area contributed by atoms with Gasteiger partial charge in [0.15, 0.2) is 5.81 Å². The van der Waals surface area contributed by atoms with E-state index in [1.807, 2.05) is 18.4 Å². The van der Waals surface area contributed by atoms with E-state index in [9.17, 15) is 14.7 Å². The van der Waals surface area contributed by atoms with Crippen LogP contribution in [0.4, 0.5) is 4.79 Å². The Hall–Kier alpha value is -1.19. The Bertz CT molecular complexity index is 636. The van der Waals surface area contributed by atoms with E-state index in [-0.39, 0.29) is 24.3 Å². The fourth-order valence-electron chi connectivity index (χ4n) is 2.60. The molecule has 118 valence electrons. The number of aliphatic imine (C=N–C) groups is 1. The monoisotopic (exact) mass is 385 g/mol. The van der Waals surface area contributed by atoms with Gasteiger partial charge in [0.05, 0.1) is 11.5 Å². The molecule has 2 heterocycles. The van der Waals surface area contributed by atoms with Gasteiger partial charge in [-0.2, -0.15) is 4.99 Å². The molecule has 0 bridgehead atoms. The first kappa shape index (κ1) is 17.2. The Morgan fingerprint density at radius 1 is 1.68 bits per heavy atom. The van der Waals surface area contributed by atoms with Crippen LogP contribution in [-0.2, 0) is 10.3 Å². The maximum atomic E-state index is 12.7. The van der Waals surface area contributed by atoms with E-state index >= 15 is 0 Å². The fraction of sp³-hybridized carbons (Fsp3) is 0.462. The summed E-state index contributed by atoms with van der Waals surface area (Å²) in [6, 6.07) is 1.94. The summed E-state index contributed by atoms with van der Waals surface area (Å²) in [5.74, 6) is -0.755. The summed E-state index contributed by atoms with van der Waals surface area (Å²) in [5, 5.41) is 14.5. The van der Waals surface area contributed by atoms with E-state index < -0.39 is 11.5 Å². The summed E-state index contributed by atoms with van der Waals surface area (Å²) in [7, 11) is 2.91. The number of hydrogen-bond acceptors (Lipinski definition) is 4. The van der Waals surface area contributed by atoms with E-state index in [0.29, 0.717) is 6.42 Å². The highest BCUT2D eigenvalue weighted by atomic mass is 79.9. The smallest absolute Gasteiger partial charge is 0.234 e. The zero-order valence-corrected chi connectivity index (χ0v) is 15.0. The Morgan fingerprint density at radius 2 is 2.36 bits per heavy atom. The van der Waals surface area contributed by atoms with Gasteiger partial charge in [-0.3, -0.25) is 14.5 Å². The zero-order valence-electron chi connectivity index (χ0n) is 12.6. The Labute approximate surface area is 142 Å². The number of aliphatic hydroxyl groups excluding tert-OH is 1. The van der Waals surface area contributed by atoms with Crippen LogP contribution >= 0.6 is 27.3 Å². The summed E-state index contributed by atoms with van der Waals surface area (Å²) in [5.41, 5.74) is -0.725. The van der Waals surface area contributed by atoms with Crippen molar-refractivity contribution < 1.29 is 14.7 Å². The second-order valence-electron chi connectivity index (χ2n) is 5.37. The van der Waals surface area contributed by atoms with Crippen LogP contribution in [0.25, 0.3) is 0 Å². The Kier molecular flexibility index (Phi) is 5.08. The van der Waals surface area contributed by atoms with Crippen molar-refractivity contribution in [3.63, 3.8) is 0 Å². The fourth-order valence-corrected chi connectivity index (χ4v) is 4.20. The first-order valence-corrected chi connectivity index (χ1v) is 8.47. The van der Waals surface area contributed by atoms with Crippen molar-refractivity contribution in [3.8, 4) is 0 Å². The van der Waals surface area contributed by atoms with Gasteiger partial charge in [0.25, 0.3) is 0 Å². The third-order valence-corrected chi connectivity index (χ3v) is 5.70. The minimum atomic E-state index is -0.725. The molecule has 6 nitrogen and oxygen atoms in total. The Balaban J connectivity index is 2.51. The molecule has 0 aromatic carbocycles. The first-order chi connectivity index (χ1) is 10.3. The number of halogens is 1. The van der Waals surface area contributed by atoms with Crippen LogP contribution in [0.1, 0.15) is 18.2 Å². The van der Waals surface area contributed by atoms with Gasteiger partial charge in [0, 0.05) is 28.4 Å². The molecule has 22 heavy (non-hydrogen) atoms. The highest BCUT2D eigenvalue weighted by molar-refractivity contribution is 9.10. The molecule has 2 atom stereocenters. The molecule has 2 N–H and O–H groups in total. The van der Waals surface area contributed by atoms with E-state index in [1.54, 1.807) is 7.05 Å². The van der Waals surface area contributed by atoms with Gasteiger partial charge >= 0.3 is 0 Å². The molecule has 1 aromatic heterocycles. The maximum Gasteiger partial charge on any atom is 0.234 e. The standard InChI is InChI=1S/C13H17BBrN3O3S/c1-13(9-5-7(15)6-22-9)8(3-4-19)10(20)18(2)12(17-13)16-11(14)21/h5-6,8,19H,3-4,14H2,1-2H3,(H,16,17,21)/t8-,13-/m0/s1. The lowest BCUT2D eigenvalue weighted by Gasteiger charge is -2.45. The number of nitrogens with one attached hydrogen (secondary N) is 1. The number of carbonyl (C=O) groups is 2. The normalized spacial score (nSPS) is 27.1. The molecule has 9 heteroatoms. The third kappa shape index (κ3) is 3.11. The van der Waals surface area contributed by atoms with Gasteiger partial charge in [-0.15, -0.1) is 11.3 Å². The Morgan fingerprint density at radius 3 is 2.86 bits per heavy atom. The minimum absolute atomic E-state index is 0.0900. The average Bonchev–Trinajstić information content (AvgIpc) is 2.87. The summed E-state index contributed by atoms with van der Waals surface area (Å²) in [6.45, 7) is 1.80. The van der Waals surface area contributed by atoms with Crippen LogP contribution in [0, 0.1) is 5.92 Å². The highest BCUT2D eigenvalue weighted by Crippen LogP contribution is 2.40. The molecule has 0 aliphatic carbocycles. The molecule has 1 fully saturated rings. The van der Waals surface area contributed by atoms with Crippen molar-refractivity contribution >= 4 is 52.8 Å². The third-order valence-electron chi connectivity index (χ3n) is 3.78. The summed E-state index contributed by atoms with van der Waals surface area (Å²) >= 11 is 4.92. The molecule has 1 aromatic rings. The lowest BCUT2D eigenvalue weighted by molar-refractivity contribution is -0.136. The number of guanidine groups is 1. The van der Waals surface area contributed by atoms with Gasteiger partial charge in [0.1, 0.15) is 0 Å². The highest BCUT2D eigenvalue weighted by Gasteiger charge is 2.48. The van der Waals surface area contributed by atoms with Crippen LogP contribution < -0.4 is 5.32 Å². The molecule has 2 amide bonds. The predicted molar refractivity (Wildman–Crippen MR) is 91.8 cm³/mol. The number of rotatable bonds is 3. The second kappa shape index (κ2) is 6.51. The van der Waals surface area contributed by atoms with E-state index in [0.717, 1.165) is 9.35 Å². The SMILES string of the molecule is BC(=O)/N=C1\N[C@](C)(c2cc(Br)cs2)[C@@H](CCO)C(=O)N1C. The summed E-state index contributed by atoms with van der Waals surface area (Å²) in [6.07, 6.45) is 0.329. The van der Waals surface area contributed by atoms with Crippen molar-refractivity contribution in [2.24, 2.45) is 10.9 Å². The summed E-state index contributed by atoms with van der Waals surface area (Å²) in [4.78, 5) is 30.2. The van der Waals surface area contributed by atoms with Crippen LogP contribution in [0.15, 0.2) is 20.9 Å². The minimum Gasteiger partial charge on any atom is -0.396 e. The number of hydrogen-bond donors (Lipinski definition) is 2. The molecule has 0 spiro atoms. The van der Waals surface area contributed by atoms with Crippen molar-refractivity contribution in [3.05, 3.63) is 20.8 Å². The van der Waals surface area contributed by atoms with Crippen molar-refractivity contribution in [2.75, 3.05) is 13.7 Å². The van der Waals surface area contributed by atoms with Gasteiger partial charge < -0.3 is 10.4 Å². The number of amides is 2. The van der Waals surface area contributed by atoms with Gasteiger partial charge in [-0.1, -0.05) is 0 Å².